The quantitative estimate of drug-likeness (QED) is 0.140. The molecule has 4 heteroatoms. The average Bonchev–Trinajstić information content (AvgIpc) is 3.72. The Kier molecular flexibility index (Phi) is 8.82. The maximum atomic E-state index is 15.1. The number of rotatable bonds is 12. The molecule has 4 rings (SSSR count). The van der Waals surface area contributed by atoms with Gasteiger partial charge in [0.1, 0.15) is 11.9 Å². The summed E-state index contributed by atoms with van der Waals surface area (Å²) < 4.78 is 47.4. The van der Waals surface area contributed by atoms with E-state index in [-0.39, 0.29) is 0 Å². The zero-order valence-electron chi connectivity index (χ0n) is 20.8. The first-order valence-electron chi connectivity index (χ1n) is 12.6. The number of hydrogen-bond donors (Lipinski definition) is 0. The van der Waals surface area contributed by atoms with E-state index in [9.17, 15) is 8.78 Å². The molecule has 188 valence electrons. The first kappa shape index (κ1) is 26.0. The molecule has 0 N–H and O–H groups in total. The molecule has 0 spiro atoms. The SMILES string of the molecule is C=CCC/C=C/CCc1ccc(-c2ccc(CCc3c(C)cc(C4CO4)c(C(F)F)c3F)cc2)cc1. The second-order valence-corrected chi connectivity index (χ2v) is 9.38. The molecule has 0 bridgehead atoms. The van der Waals surface area contributed by atoms with E-state index < -0.39 is 23.9 Å². The van der Waals surface area contributed by atoms with Gasteiger partial charge >= 0.3 is 0 Å². The van der Waals surface area contributed by atoms with Gasteiger partial charge in [0.2, 0.25) is 0 Å². The van der Waals surface area contributed by atoms with Gasteiger partial charge in [-0.25, -0.2) is 13.2 Å². The van der Waals surface area contributed by atoms with Gasteiger partial charge in [-0.2, -0.15) is 0 Å². The van der Waals surface area contributed by atoms with E-state index in [0.29, 0.717) is 36.1 Å². The zero-order chi connectivity index (χ0) is 25.5. The Morgan fingerprint density at radius 1 is 0.889 bits per heavy atom. The largest absolute Gasteiger partial charge is 0.368 e. The van der Waals surface area contributed by atoms with Crippen molar-refractivity contribution in [1.29, 1.82) is 0 Å². The number of halogens is 3. The van der Waals surface area contributed by atoms with Gasteiger partial charge in [-0.3, -0.25) is 0 Å². The summed E-state index contributed by atoms with van der Waals surface area (Å²) in [6, 6.07) is 18.5. The van der Waals surface area contributed by atoms with Gasteiger partial charge in [0.05, 0.1) is 12.2 Å². The van der Waals surface area contributed by atoms with Crippen LogP contribution in [0.5, 0.6) is 0 Å². The highest BCUT2D eigenvalue weighted by Gasteiger charge is 2.33. The van der Waals surface area contributed by atoms with Gasteiger partial charge in [0.25, 0.3) is 6.43 Å². The summed E-state index contributed by atoms with van der Waals surface area (Å²) in [5.74, 6) is -0.778. The minimum Gasteiger partial charge on any atom is -0.368 e. The van der Waals surface area contributed by atoms with Crippen molar-refractivity contribution in [2.75, 3.05) is 6.61 Å². The minimum absolute atomic E-state index is 0.291. The van der Waals surface area contributed by atoms with Crippen LogP contribution in [0.3, 0.4) is 0 Å². The molecular weight excluding hydrogens is 457 g/mol. The first-order valence-corrected chi connectivity index (χ1v) is 12.6. The predicted octanol–water partition coefficient (Wildman–Crippen LogP) is 9.05. The van der Waals surface area contributed by atoms with Crippen molar-refractivity contribution in [3.63, 3.8) is 0 Å². The van der Waals surface area contributed by atoms with Crippen LogP contribution < -0.4 is 0 Å². The minimum atomic E-state index is -2.85. The standard InChI is InChI=1S/C32H33F3O/c1-3-4-5-6-7-8-9-23-10-15-25(16-11-23)26-17-12-24(13-18-26)14-19-27-22(2)20-28(29-21-36-29)30(31(27)33)32(34)35/h3,6-7,10-13,15-18,20,29,32H,1,4-5,8-9,14,19,21H2,2H3/b7-6+. The number of unbranched alkanes of at least 4 members (excludes halogenated alkanes) is 1. The molecule has 1 aliphatic heterocycles. The number of benzene rings is 3. The maximum absolute atomic E-state index is 15.1. The second-order valence-electron chi connectivity index (χ2n) is 9.38. The summed E-state index contributed by atoms with van der Waals surface area (Å²) in [6.45, 7) is 5.89. The van der Waals surface area contributed by atoms with Crippen LogP contribution in [0, 0.1) is 12.7 Å². The third kappa shape index (κ3) is 6.55. The van der Waals surface area contributed by atoms with Crippen LogP contribution in [0.15, 0.2) is 79.4 Å². The smallest absolute Gasteiger partial charge is 0.267 e. The lowest BCUT2D eigenvalue weighted by atomic mass is 9.92. The van der Waals surface area contributed by atoms with Crippen molar-refractivity contribution < 1.29 is 17.9 Å². The molecule has 0 radical (unpaired) electrons. The molecule has 1 atom stereocenters. The molecule has 3 aromatic rings. The van der Waals surface area contributed by atoms with Crippen LogP contribution in [-0.2, 0) is 24.0 Å². The fourth-order valence-corrected chi connectivity index (χ4v) is 4.58. The molecule has 0 saturated carbocycles. The molecule has 0 amide bonds. The Hall–Kier alpha value is -3.11. The summed E-state index contributed by atoms with van der Waals surface area (Å²) in [6.07, 6.45) is 8.19. The van der Waals surface area contributed by atoms with Crippen LogP contribution in [-0.4, -0.2) is 6.61 Å². The molecule has 1 nitrogen and oxygen atoms in total. The average molecular weight is 491 g/mol. The van der Waals surface area contributed by atoms with E-state index in [1.54, 1.807) is 13.0 Å². The summed E-state index contributed by atoms with van der Waals surface area (Å²) in [5.41, 5.74) is 5.48. The number of ether oxygens (including phenoxy) is 1. The van der Waals surface area contributed by atoms with Crippen LogP contribution >= 0.6 is 0 Å². The Morgan fingerprint density at radius 2 is 1.47 bits per heavy atom. The van der Waals surface area contributed by atoms with Gasteiger partial charge in [-0.1, -0.05) is 72.8 Å². The lowest BCUT2D eigenvalue weighted by Gasteiger charge is -2.15. The summed E-state index contributed by atoms with van der Waals surface area (Å²) in [4.78, 5) is 0. The van der Waals surface area contributed by atoms with E-state index in [1.165, 1.54) is 5.56 Å². The van der Waals surface area contributed by atoms with Gasteiger partial charge in [-0.05, 0) is 84.4 Å². The van der Waals surface area contributed by atoms with E-state index in [4.69, 9.17) is 4.74 Å². The molecule has 1 saturated heterocycles. The van der Waals surface area contributed by atoms with Crippen LogP contribution in [0.4, 0.5) is 13.2 Å². The number of hydrogen-bond acceptors (Lipinski definition) is 1. The fraction of sp³-hybridized carbons (Fsp3) is 0.312. The predicted molar refractivity (Wildman–Crippen MR) is 141 cm³/mol. The van der Waals surface area contributed by atoms with Gasteiger partial charge in [-0.15, -0.1) is 6.58 Å². The lowest BCUT2D eigenvalue weighted by molar-refractivity contribution is 0.144. The molecule has 1 fully saturated rings. The Morgan fingerprint density at radius 3 is 2.03 bits per heavy atom. The topological polar surface area (TPSA) is 12.5 Å². The van der Waals surface area contributed by atoms with E-state index in [0.717, 1.165) is 42.4 Å². The van der Waals surface area contributed by atoms with Crippen LogP contribution in [0.25, 0.3) is 11.1 Å². The number of epoxide rings is 1. The van der Waals surface area contributed by atoms with Crippen LogP contribution in [0.2, 0.25) is 0 Å². The van der Waals surface area contributed by atoms with Crippen molar-refractivity contribution in [3.8, 4) is 11.1 Å². The normalized spacial score (nSPS) is 15.1. The summed E-state index contributed by atoms with van der Waals surface area (Å²) in [7, 11) is 0. The van der Waals surface area contributed by atoms with Gasteiger partial charge in [0, 0.05) is 0 Å². The molecule has 0 aliphatic carbocycles. The molecular formula is C32H33F3O. The molecule has 3 aromatic carbocycles. The monoisotopic (exact) mass is 490 g/mol. The number of alkyl halides is 2. The summed E-state index contributed by atoms with van der Waals surface area (Å²) in [5, 5.41) is 0. The van der Waals surface area contributed by atoms with Crippen molar-refractivity contribution >= 4 is 0 Å². The third-order valence-corrected chi connectivity index (χ3v) is 6.77. The van der Waals surface area contributed by atoms with E-state index in [1.807, 2.05) is 18.2 Å². The first-order chi connectivity index (χ1) is 17.5. The Labute approximate surface area is 212 Å². The Bertz CT molecular complexity index is 1190. The van der Waals surface area contributed by atoms with Crippen molar-refractivity contribution in [2.24, 2.45) is 0 Å². The zero-order valence-corrected chi connectivity index (χ0v) is 20.8. The highest BCUT2D eigenvalue weighted by molar-refractivity contribution is 5.64. The number of allylic oxidation sites excluding steroid dienone is 3. The maximum Gasteiger partial charge on any atom is 0.267 e. The highest BCUT2D eigenvalue weighted by atomic mass is 19.3. The third-order valence-electron chi connectivity index (χ3n) is 6.77. The molecule has 1 aliphatic rings. The molecule has 1 heterocycles. The number of aryl methyl sites for hydroxylation is 3. The van der Waals surface area contributed by atoms with Crippen molar-refractivity contribution in [2.45, 2.75) is 58.0 Å². The fourth-order valence-electron chi connectivity index (χ4n) is 4.58. The second kappa shape index (κ2) is 12.2. The highest BCUT2D eigenvalue weighted by Crippen LogP contribution is 2.40. The van der Waals surface area contributed by atoms with Crippen molar-refractivity contribution in [1.82, 2.24) is 0 Å². The van der Waals surface area contributed by atoms with Crippen LogP contribution in [0.1, 0.15) is 65.2 Å². The molecule has 36 heavy (non-hydrogen) atoms. The van der Waals surface area contributed by atoms with E-state index >= 15 is 4.39 Å². The molecule has 0 aromatic heterocycles. The van der Waals surface area contributed by atoms with Gasteiger partial charge in [0.15, 0.2) is 0 Å². The summed E-state index contributed by atoms with van der Waals surface area (Å²) >= 11 is 0. The van der Waals surface area contributed by atoms with Crippen molar-refractivity contribution in [3.05, 3.63) is 119 Å². The van der Waals surface area contributed by atoms with Gasteiger partial charge < -0.3 is 4.74 Å². The Balaban J connectivity index is 1.37. The van der Waals surface area contributed by atoms with E-state index in [2.05, 4.69) is 55.1 Å². The molecule has 1 unspecified atom stereocenters. The lowest BCUT2D eigenvalue weighted by Crippen LogP contribution is -2.07.